The highest BCUT2D eigenvalue weighted by Crippen LogP contribution is 2.35. The molecular weight excluding hydrogens is 471 g/mol. The summed E-state index contributed by atoms with van der Waals surface area (Å²) in [7, 11) is 0. The Morgan fingerprint density at radius 1 is 1.33 bits per heavy atom. The summed E-state index contributed by atoms with van der Waals surface area (Å²) >= 11 is 5.10. The third kappa shape index (κ3) is 4.03. The van der Waals surface area contributed by atoms with Crippen LogP contribution in [0.3, 0.4) is 0 Å². The number of halogens is 2. The molecule has 30 heavy (non-hydrogen) atoms. The van der Waals surface area contributed by atoms with Gasteiger partial charge in [0.1, 0.15) is 11.5 Å². The van der Waals surface area contributed by atoms with Crippen LogP contribution in [0.4, 0.5) is 4.39 Å². The van der Waals surface area contributed by atoms with Crippen LogP contribution in [0.15, 0.2) is 40.2 Å². The fourth-order valence-electron chi connectivity index (χ4n) is 3.95. The minimum atomic E-state index is -0.301. The van der Waals surface area contributed by atoms with Gasteiger partial charge < -0.3 is 14.2 Å². The Balaban J connectivity index is 1.67. The summed E-state index contributed by atoms with van der Waals surface area (Å²) in [5.74, 6) is -0.994. The van der Waals surface area contributed by atoms with E-state index in [2.05, 4.69) is 15.9 Å². The monoisotopic (exact) mass is 492 g/mol. The molecule has 2 aromatic heterocycles. The summed E-state index contributed by atoms with van der Waals surface area (Å²) < 4.78 is 23.2. The molecule has 1 aliphatic rings. The Hall–Kier alpha value is -2.19. The summed E-state index contributed by atoms with van der Waals surface area (Å²) in [6.45, 7) is 3.30. The molecule has 1 unspecified atom stereocenters. The van der Waals surface area contributed by atoms with Gasteiger partial charge in [0.05, 0.1) is 33.8 Å². The largest absolute Gasteiger partial charge is 0.466 e. The normalized spacial score (nSPS) is 16.8. The quantitative estimate of drug-likeness (QED) is 0.467. The Morgan fingerprint density at radius 2 is 2.13 bits per heavy atom. The third-order valence-corrected chi connectivity index (χ3v) is 7.24. The Morgan fingerprint density at radius 3 is 2.90 bits per heavy atom. The number of aromatic nitrogens is 1. The minimum absolute atomic E-state index is 0.143. The first kappa shape index (κ1) is 21.1. The molecule has 1 amide bonds. The maximum absolute atomic E-state index is 14.3. The molecule has 5 nitrogen and oxygen atoms in total. The number of hydrogen-bond acceptors (Lipinski definition) is 4. The Labute approximate surface area is 186 Å². The van der Waals surface area contributed by atoms with Gasteiger partial charge in [-0.15, -0.1) is 11.3 Å². The van der Waals surface area contributed by atoms with E-state index >= 15 is 0 Å². The van der Waals surface area contributed by atoms with Gasteiger partial charge in [0.15, 0.2) is 0 Å². The lowest BCUT2D eigenvalue weighted by Crippen LogP contribution is -2.43. The lowest BCUT2D eigenvalue weighted by Gasteiger charge is -2.31. The number of carbonyl (C=O) groups excluding carboxylic acids is 2. The van der Waals surface area contributed by atoms with Crippen molar-refractivity contribution >= 4 is 49.4 Å². The molecule has 1 atom stereocenters. The number of thiophene rings is 1. The van der Waals surface area contributed by atoms with Gasteiger partial charge in [-0.3, -0.25) is 9.59 Å². The number of rotatable bonds is 5. The number of fused-ring (bicyclic) bond motifs is 1. The van der Waals surface area contributed by atoms with E-state index in [9.17, 15) is 14.0 Å². The number of amides is 1. The molecule has 0 saturated carbocycles. The van der Waals surface area contributed by atoms with Gasteiger partial charge in [-0.1, -0.05) is 18.2 Å². The summed E-state index contributed by atoms with van der Waals surface area (Å²) in [6.07, 6.45) is 1.47. The second-order valence-corrected chi connectivity index (χ2v) is 9.11. The zero-order valence-electron chi connectivity index (χ0n) is 16.6. The van der Waals surface area contributed by atoms with E-state index in [0.717, 1.165) is 27.5 Å². The van der Waals surface area contributed by atoms with Crippen LogP contribution < -0.4 is 0 Å². The molecule has 1 aromatic carbocycles. The molecule has 4 rings (SSSR count). The van der Waals surface area contributed by atoms with E-state index in [-0.39, 0.29) is 30.2 Å². The van der Waals surface area contributed by atoms with Crippen molar-refractivity contribution in [1.82, 2.24) is 9.47 Å². The zero-order valence-corrected chi connectivity index (χ0v) is 19.0. The molecule has 158 valence electrons. The van der Waals surface area contributed by atoms with E-state index in [1.807, 2.05) is 16.0 Å². The van der Waals surface area contributed by atoms with Gasteiger partial charge in [0.25, 0.3) is 5.91 Å². The van der Waals surface area contributed by atoms with Gasteiger partial charge in [0.2, 0.25) is 0 Å². The molecule has 1 aliphatic heterocycles. The van der Waals surface area contributed by atoms with Crippen molar-refractivity contribution in [3.05, 3.63) is 57.3 Å². The van der Waals surface area contributed by atoms with Gasteiger partial charge in [-0.25, -0.2) is 4.39 Å². The topological polar surface area (TPSA) is 51.5 Å². The highest BCUT2D eigenvalue weighted by atomic mass is 79.9. The van der Waals surface area contributed by atoms with Gasteiger partial charge in [-0.2, -0.15) is 0 Å². The Kier molecular flexibility index (Phi) is 6.24. The Bertz CT molecular complexity index is 1090. The molecule has 3 heterocycles. The standard InChI is InChI=1S/C22H22BrFN2O3S/c1-2-29-22(28)15-7-5-9-25(11-15)21(27)18-10-19-20(16(23)13-30-19)26(18)12-14-6-3-4-8-17(14)24/h3-4,6,8,10,13,15H,2,5,7,9,11-12H2,1H3. The highest BCUT2D eigenvalue weighted by molar-refractivity contribution is 9.10. The molecule has 0 aliphatic carbocycles. The van der Waals surface area contributed by atoms with E-state index in [0.29, 0.717) is 31.0 Å². The van der Waals surface area contributed by atoms with Crippen LogP contribution >= 0.6 is 27.3 Å². The predicted molar refractivity (Wildman–Crippen MR) is 118 cm³/mol. The molecule has 8 heteroatoms. The van der Waals surface area contributed by atoms with Crippen LogP contribution in [-0.2, 0) is 16.1 Å². The number of benzene rings is 1. The first-order valence-corrected chi connectivity index (χ1v) is 11.6. The lowest BCUT2D eigenvalue weighted by atomic mass is 9.98. The maximum atomic E-state index is 14.3. The fraction of sp³-hybridized carbons (Fsp3) is 0.364. The van der Waals surface area contributed by atoms with Crippen molar-refractivity contribution in [2.45, 2.75) is 26.3 Å². The van der Waals surface area contributed by atoms with Gasteiger partial charge in [0, 0.05) is 24.0 Å². The number of piperidine rings is 1. The van der Waals surface area contributed by atoms with Crippen LogP contribution in [0.1, 0.15) is 35.8 Å². The van der Waals surface area contributed by atoms with Crippen molar-refractivity contribution < 1.29 is 18.7 Å². The number of nitrogens with zero attached hydrogens (tertiary/aromatic N) is 2. The first-order valence-electron chi connectivity index (χ1n) is 9.95. The molecule has 0 N–H and O–H groups in total. The van der Waals surface area contributed by atoms with E-state index in [1.54, 1.807) is 30.0 Å². The molecule has 3 aromatic rings. The summed E-state index contributed by atoms with van der Waals surface area (Å²) in [4.78, 5) is 27.3. The van der Waals surface area contributed by atoms with Crippen molar-refractivity contribution in [3.63, 3.8) is 0 Å². The van der Waals surface area contributed by atoms with Crippen LogP contribution in [0.2, 0.25) is 0 Å². The molecule has 0 bridgehead atoms. The van der Waals surface area contributed by atoms with E-state index in [4.69, 9.17) is 4.74 Å². The van der Waals surface area contributed by atoms with Crippen molar-refractivity contribution in [3.8, 4) is 0 Å². The zero-order chi connectivity index (χ0) is 21.3. The predicted octanol–water partition coefficient (Wildman–Crippen LogP) is 5.07. The summed E-state index contributed by atoms with van der Waals surface area (Å²) in [5.41, 5.74) is 1.90. The molecule has 0 spiro atoms. The van der Waals surface area contributed by atoms with Crippen molar-refractivity contribution in [1.29, 1.82) is 0 Å². The smallest absolute Gasteiger partial charge is 0.310 e. The van der Waals surface area contributed by atoms with Gasteiger partial charge >= 0.3 is 5.97 Å². The summed E-state index contributed by atoms with van der Waals surface area (Å²) in [6, 6.07) is 8.46. The number of ether oxygens (including phenoxy) is 1. The average Bonchev–Trinajstić information content (AvgIpc) is 3.29. The summed E-state index contributed by atoms with van der Waals surface area (Å²) in [5, 5.41) is 1.97. The molecule has 1 saturated heterocycles. The number of carbonyl (C=O) groups is 2. The number of esters is 1. The highest BCUT2D eigenvalue weighted by Gasteiger charge is 2.31. The third-order valence-electron chi connectivity index (χ3n) is 5.41. The van der Waals surface area contributed by atoms with E-state index in [1.165, 1.54) is 17.4 Å². The van der Waals surface area contributed by atoms with Crippen LogP contribution in [0.5, 0.6) is 0 Å². The minimum Gasteiger partial charge on any atom is -0.466 e. The van der Waals surface area contributed by atoms with E-state index < -0.39 is 0 Å². The first-order chi connectivity index (χ1) is 14.5. The second-order valence-electron chi connectivity index (χ2n) is 7.35. The second kappa shape index (κ2) is 8.89. The van der Waals surface area contributed by atoms with Gasteiger partial charge in [-0.05, 0) is 47.8 Å². The lowest BCUT2D eigenvalue weighted by molar-refractivity contribution is -0.149. The molecular formula is C22H22BrFN2O3S. The van der Waals surface area contributed by atoms with Crippen LogP contribution in [0.25, 0.3) is 10.2 Å². The fourth-order valence-corrected chi connectivity index (χ4v) is 5.64. The molecule has 0 radical (unpaired) electrons. The van der Waals surface area contributed by atoms with Crippen LogP contribution in [-0.4, -0.2) is 41.0 Å². The average molecular weight is 493 g/mol. The number of hydrogen-bond donors (Lipinski definition) is 0. The number of likely N-dealkylation sites (tertiary alicyclic amines) is 1. The van der Waals surface area contributed by atoms with Crippen molar-refractivity contribution in [2.75, 3.05) is 19.7 Å². The SMILES string of the molecule is CCOC(=O)C1CCCN(C(=O)c2cc3scc(Br)c3n2Cc2ccccc2F)C1. The maximum Gasteiger partial charge on any atom is 0.310 e. The molecule has 1 fully saturated rings. The van der Waals surface area contributed by atoms with Crippen LogP contribution in [0, 0.1) is 11.7 Å². The van der Waals surface area contributed by atoms with Crippen molar-refractivity contribution in [2.24, 2.45) is 5.92 Å².